The van der Waals surface area contributed by atoms with Crippen LogP contribution in [0.25, 0.3) is 16.6 Å². The van der Waals surface area contributed by atoms with Crippen molar-refractivity contribution in [3.05, 3.63) is 30.9 Å². The number of aromatic nitrogens is 5. The van der Waals surface area contributed by atoms with E-state index in [2.05, 4.69) is 21.3 Å². The number of carbonyl (C=O) groups is 1. The van der Waals surface area contributed by atoms with Gasteiger partial charge in [-0.05, 0) is 19.4 Å². The van der Waals surface area contributed by atoms with E-state index in [1.165, 1.54) is 19.3 Å². The summed E-state index contributed by atoms with van der Waals surface area (Å²) in [5.41, 5.74) is 1.61. The third-order valence-corrected chi connectivity index (χ3v) is 4.62. The standard InChI is InChI=1S/C16H15N7O.C3H6/c1-2-21-10-12(8-19-21)23-14-9-18-5-3-13(14)15(20-23)22-6-4-11(7-17)16(22)24;1-2-3-1/h3,5,8-11H,2,4,6H2,1H3;1-3H2. The van der Waals surface area contributed by atoms with Crippen LogP contribution in [0.5, 0.6) is 0 Å². The van der Waals surface area contributed by atoms with E-state index in [1.807, 2.05) is 23.9 Å². The summed E-state index contributed by atoms with van der Waals surface area (Å²) in [6, 6.07) is 3.90. The number of rotatable bonds is 3. The maximum absolute atomic E-state index is 12.4. The molecular weight excluding hydrogens is 342 g/mol. The molecule has 3 aromatic heterocycles. The van der Waals surface area contributed by atoms with Crippen LogP contribution in [-0.2, 0) is 11.3 Å². The molecule has 2 aliphatic rings. The van der Waals surface area contributed by atoms with Crippen molar-refractivity contribution in [2.45, 2.75) is 39.2 Å². The van der Waals surface area contributed by atoms with E-state index in [1.54, 1.807) is 28.2 Å². The van der Waals surface area contributed by atoms with Crippen molar-refractivity contribution in [3.63, 3.8) is 0 Å². The highest BCUT2D eigenvalue weighted by atomic mass is 16.2. The van der Waals surface area contributed by atoms with Gasteiger partial charge in [0.15, 0.2) is 5.82 Å². The Labute approximate surface area is 157 Å². The number of amides is 1. The molecule has 0 N–H and O–H groups in total. The smallest absolute Gasteiger partial charge is 0.245 e. The Morgan fingerprint density at radius 2 is 2.11 bits per heavy atom. The number of aryl methyl sites for hydroxylation is 1. The Hall–Kier alpha value is -3.21. The zero-order valence-corrected chi connectivity index (χ0v) is 15.2. The summed E-state index contributed by atoms with van der Waals surface area (Å²) in [5, 5.41) is 18.8. The SMILES string of the molecule is C1CC1.CCn1cc(-n2nc(N3CCC(C#N)C3=O)c3ccncc32)cn1. The van der Waals surface area contributed by atoms with Crippen molar-refractivity contribution in [2.75, 3.05) is 11.4 Å². The molecule has 1 saturated heterocycles. The number of hydrogen-bond acceptors (Lipinski definition) is 5. The van der Waals surface area contributed by atoms with E-state index < -0.39 is 5.92 Å². The van der Waals surface area contributed by atoms with Gasteiger partial charge in [-0.15, -0.1) is 5.10 Å². The molecule has 1 unspecified atom stereocenters. The highest BCUT2D eigenvalue weighted by molar-refractivity contribution is 6.04. The van der Waals surface area contributed by atoms with Crippen molar-refractivity contribution in [2.24, 2.45) is 5.92 Å². The van der Waals surface area contributed by atoms with Crippen molar-refractivity contribution < 1.29 is 4.79 Å². The molecule has 1 amide bonds. The molecule has 1 aliphatic carbocycles. The summed E-state index contributed by atoms with van der Waals surface area (Å²) < 4.78 is 3.55. The average Bonchev–Trinajstić information content (AvgIpc) is 3.31. The lowest BCUT2D eigenvalue weighted by Crippen LogP contribution is -2.27. The molecule has 138 valence electrons. The number of fused-ring (bicyclic) bond motifs is 1. The fourth-order valence-corrected chi connectivity index (χ4v) is 2.99. The van der Waals surface area contributed by atoms with Crippen LogP contribution in [0, 0.1) is 17.2 Å². The lowest BCUT2D eigenvalue weighted by Gasteiger charge is -2.12. The van der Waals surface area contributed by atoms with Gasteiger partial charge in [-0.25, -0.2) is 4.68 Å². The van der Waals surface area contributed by atoms with Crippen LogP contribution in [0.15, 0.2) is 30.9 Å². The molecule has 4 heterocycles. The van der Waals surface area contributed by atoms with Crippen LogP contribution in [0.1, 0.15) is 32.6 Å². The van der Waals surface area contributed by atoms with Crippen LogP contribution in [-0.4, -0.2) is 37.0 Å². The molecular formula is C19H21N7O. The second-order valence-electron chi connectivity index (χ2n) is 6.70. The van der Waals surface area contributed by atoms with E-state index in [0.29, 0.717) is 18.8 Å². The molecule has 3 aromatic rings. The Morgan fingerprint density at radius 3 is 2.74 bits per heavy atom. The third kappa shape index (κ3) is 3.28. The maximum atomic E-state index is 12.4. The molecule has 0 bridgehead atoms. The molecule has 5 rings (SSSR count). The first kappa shape index (κ1) is 17.2. The molecule has 0 spiro atoms. The number of nitriles is 1. The molecule has 8 nitrogen and oxygen atoms in total. The lowest BCUT2D eigenvalue weighted by molar-refractivity contribution is -0.119. The summed E-state index contributed by atoms with van der Waals surface area (Å²) in [7, 11) is 0. The van der Waals surface area contributed by atoms with Crippen molar-refractivity contribution in [1.29, 1.82) is 5.26 Å². The van der Waals surface area contributed by atoms with Gasteiger partial charge < -0.3 is 0 Å². The van der Waals surface area contributed by atoms with Gasteiger partial charge in [0, 0.05) is 24.7 Å². The van der Waals surface area contributed by atoms with Gasteiger partial charge in [0.2, 0.25) is 5.91 Å². The Morgan fingerprint density at radius 1 is 1.30 bits per heavy atom. The predicted octanol–water partition coefficient (Wildman–Crippen LogP) is 2.68. The van der Waals surface area contributed by atoms with Gasteiger partial charge >= 0.3 is 0 Å². The van der Waals surface area contributed by atoms with E-state index in [0.717, 1.165) is 23.1 Å². The molecule has 27 heavy (non-hydrogen) atoms. The molecule has 1 aliphatic heterocycles. The van der Waals surface area contributed by atoms with E-state index in [9.17, 15) is 4.79 Å². The zero-order valence-electron chi connectivity index (χ0n) is 15.2. The number of nitrogens with zero attached hydrogens (tertiary/aromatic N) is 7. The molecule has 1 saturated carbocycles. The molecule has 2 fully saturated rings. The summed E-state index contributed by atoms with van der Waals surface area (Å²) in [6.07, 6.45) is 12.1. The number of hydrogen-bond donors (Lipinski definition) is 0. The third-order valence-electron chi connectivity index (χ3n) is 4.62. The zero-order chi connectivity index (χ0) is 18.8. The van der Waals surface area contributed by atoms with Gasteiger partial charge in [-0.2, -0.15) is 10.4 Å². The summed E-state index contributed by atoms with van der Waals surface area (Å²) in [4.78, 5) is 18.2. The van der Waals surface area contributed by atoms with E-state index in [-0.39, 0.29) is 5.91 Å². The first-order valence-electron chi connectivity index (χ1n) is 9.29. The Kier molecular flexibility index (Phi) is 4.59. The minimum Gasteiger partial charge on any atom is -0.294 e. The number of pyridine rings is 1. The highest BCUT2D eigenvalue weighted by Gasteiger charge is 2.35. The van der Waals surface area contributed by atoms with Crippen LogP contribution in [0.2, 0.25) is 0 Å². The van der Waals surface area contributed by atoms with Crippen molar-refractivity contribution in [3.8, 4) is 11.8 Å². The van der Waals surface area contributed by atoms with Crippen LogP contribution in [0.3, 0.4) is 0 Å². The topological polar surface area (TPSA) is 92.6 Å². The fraction of sp³-hybridized carbons (Fsp3) is 0.421. The minimum absolute atomic E-state index is 0.190. The summed E-state index contributed by atoms with van der Waals surface area (Å²) in [6.45, 7) is 3.27. The second-order valence-corrected chi connectivity index (χ2v) is 6.70. The largest absolute Gasteiger partial charge is 0.294 e. The van der Waals surface area contributed by atoms with Crippen LogP contribution in [0.4, 0.5) is 5.82 Å². The predicted molar refractivity (Wildman–Crippen MR) is 100 cm³/mol. The van der Waals surface area contributed by atoms with Gasteiger partial charge in [0.1, 0.15) is 11.6 Å². The minimum atomic E-state index is -0.588. The first-order valence-corrected chi connectivity index (χ1v) is 9.29. The summed E-state index contributed by atoms with van der Waals surface area (Å²) >= 11 is 0. The number of anilines is 1. The summed E-state index contributed by atoms with van der Waals surface area (Å²) in [5.74, 6) is -0.209. The quantitative estimate of drug-likeness (QED) is 0.713. The van der Waals surface area contributed by atoms with Crippen molar-refractivity contribution in [1.82, 2.24) is 24.5 Å². The number of carbonyl (C=O) groups excluding carboxylic acids is 1. The Bertz CT molecular complexity index is 1010. The highest BCUT2D eigenvalue weighted by Crippen LogP contribution is 2.31. The lowest BCUT2D eigenvalue weighted by atomic mass is 10.1. The van der Waals surface area contributed by atoms with Crippen LogP contribution < -0.4 is 4.90 Å². The molecule has 0 radical (unpaired) electrons. The average molecular weight is 363 g/mol. The molecule has 1 atom stereocenters. The van der Waals surface area contributed by atoms with Gasteiger partial charge in [-0.1, -0.05) is 19.3 Å². The fourth-order valence-electron chi connectivity index (χ4n) is 2.99. The van der Waals surface area contributed by atoms with Gasteiger partial charge in [-0.3, -0.25) is 19.4 Å². The first-order chi connectivity index (χ1) is 13.2. The van der Waals surface area contributed by atoms with Gasteiger partial charge in [0.05, 0.1) is 30.2 Å². The van der Waals surface area contributed by atoms with E-state index in [4.69, 9.17) is 5.26 Å². The van der Waals surface area contributed by atoms with Crippen LogP contribution >= 0.6 is 0 Å². The monoisotopic (exact) mass is 363 g/mol. The van der Waals surface area contributed by atoms with Gasteiger partial charge in [0.25, 0.3) is 0 Å². The Balaban J connectivity index is 0.000000547. The second kappa shape index (κ2) is 7.19. The van der Waals surface area contributed by atoms with E-state index >= 15 is 0 Å². The molecule has 0 aromatic carbocycles. The van der Waals surface area contributed by atoms with Crippen molar-refractivity contribution >= 4 is 22.6 Å². The molecule has 8 heteroatoms. The maximum Gasteiger partial charge on any atom is 0.245 e. The normalized spacial score (nSPS) is 18.3.